The van der Waals surface area contributed by atoms with Crippen LogP contribution < -0.4 is 5.32 Å². The van der Waals surface area contributed by atoms with E-state index in [4.69, 9.17) is 0 Å². The zero-order valence-corrected chi connectivity index (χ0v) is 10.4. The SMILES string of the molecule is CCCNC(c1cnccn1)C1CC1(C)C. The van der Waals surface area contributed by atoms with Gasteiger partial charge in [0.1, 0.15) is 0 Å². The molecule has 1 fully saturated rings. The predicted molar refractivity (Wildman–Crippen MR) is 65.0 cm³/mol. The van der Waals surface area contributed by atoms with E-state index in [2.05, 4.69) is 36.1 Å². The Morgan fingerprint density at radius 3 is 2.75 bits per heavy atom. The number of nitrogens with zero attached hydrogens (tertiary/aromatic N) is 2. The topological polar surface area (TPSA) is 37.8 Å². The predicted octanol–water partition coefficient (Wildman–Crippen LogP) is 2.56. The van der Waals surface area contributed by atoms with Crippen molar-refractivity contribution in [1.82, 2.24) is 15.3 Å². The summed E-state index contributed by atoms with van der Waals surface area (Å²) in [5.74, 6) is 0.704. The monoisotopic (exact) mass is 219 g/mol. The molecule has 1 aliphatic carbocycles. The van der Waals surface area contributed by atoms with Crippen molar-refractivity contribution in [3.05, 3.63) is 24.3 Å². The Labute approximate surface area is 97.7 Å². The summed E-state index contributed by atoms with van der Waals surface area (Å²) in [4.78, 5) is 8.60. The Morgan fingerprint density at radius 1 is 1.50 bits per heavy atom. The van der Waals surface area contributed by atoms with Crippen molar-refractivity contribution in [2.24, 2.45) is 11.3 Å². The largest absolute Gasteiger partial charge is 0.308 e. The van der Waals surface area contributed by atoms with Crippen LogP contribution in [0.4, 0.5) is 0 Å². The van der Waals surface area contributed by atoms with Gasteiger partial charge in [-0.25, -0.2) is 0 Å². The normalized spacial score (nSPS) is 24.1. The van der Waals surface area contributed by atoms with Gasteiger partial charge in [-0.2, -0.15) is 0 Å². The molecule has 1 heterocycles. The molecule has 0 amide bonds. The third-order valence-corrected chi connectivity index (χ3v) is 3.51. The van der Waals surface area contributed by atoms with Gasteiger partial charge in [0.25, 0.3) is 0 Å². The van der Waals surface area contributed by atoms with Crippen molar-refractivity contribution in [3.8, 4) is 0 Å². The highest BCUT2D eigenvalue weighted by molar-refractivity contribution is 5.12. The molecule has 2 unspecified atom stereocenters. The fourth-order valence-corrected chi connectivity index (χ4v) is 2.30. The maximum atomic E-state index is 4.43. The first-order chi connectivity index (χ1) is 7.65. The maximum absolute atomic E-state index is 4.43. The number of rotatable bonds is 5. The third-order valence-electron chi connectivity index (χ3n) is 3.51. The smallest absolute Gasteiger partial charge is 0.0759 e. The zero-order chi connectivity index (χ0) is 11.6. The summed E-state index contributed by atoms with van der Waals surface area (Å²) < 4.78 is 0. The Morgan fingerprint density at radius 2 is 2.25 bits per heavy atom. The average Bonchev–Trinajstić information content (AvgIpc) is 2.90. The van der Waals surface area contributed by atoms with Crippen LogP contribution in [0.5, 0.6) is 0 Å². The Kier molecular flexibility index (Phi) is 3.24. The van der Waals surface area contributed by atoms with E-state index in [1.165, 1.54) is 6.42 Å². The quantitative estimate of drug-likeness (QED) is 0.827. The third kappa shape index (κ3) is 2.40. The minimum absolute atomic E-state index is 0.378. The highest BCUT2D eigenvalue weighted by atomic mass is 15.0. The second-order valence-electron chi connectivity index (χ2n) is 5.36. The lowest BCUT2D eigenvalue weighted by atomic mass is 10.0. The van der Waals surface area contributed by atoms with Crippen molar-refractivity contribution in [2.45, 2.75) is 39.7 Å². The fourth-order valence-electron chi connectivity index (χ4n) is 2.30. The van der Waals surface area contributed by atoms with E-state index in [-0.39, 0.29) is 0 Å². The molecule has 1 aromatic rings. The molecule has 0 aliphatic heterocycles. The molecule has 88 valence electrons. The van der Waals surface area contributed by atoms with Gasteiger partial charge < -0.3 is 5.32 Å². The van der Waals surface area contributed by atoms with Crippen LogP contribution in [0.3, 0.4) is 0 Å². The highest BCUT2D eigenvalue weighted by Gasteiger charge is 2.50. The minimum Gasteiger partial charge on any atom is -0.308 e. The van der Waals surface area contributed by atoms with E-state index in [1.54, 1.807) is 12.4 Å². The van der Waals surface area contributed by atoms with Gasteiger partial charge in [0.05, 0.1) is 11.7 Å². The summed E-state index contributed by atoms with van der Waals surface area (Å²) in [6, 6.07) is 0.378. The van der Waals surface area contributed by atoms with E-state index in [0.29, 0.717) is 17.4 Å². The molecule has 1 saturated carbocycles. The van der Waals surface area contributed by atoms with Gasteiger partial charge in [-0.3, -0.25) is 9.97 Å². The van der Waals surface area contributed by atoms with Gasteiger partial charge in [0.15, 0.2) is 0 Å². The first-order valence-electron chi connectivity index (χ1n) is 6.14. The highest BCUT2D eigenvalue weighted by Crippen LogP contribution is 2.57. The second kappa shape index (κ2) is 4.50. The van der Waals surface area contributed by atoms with Crippen molar-refractivity contribution < 1.29 is 0 Å². The molecule has 3 nitrogen and oxygen atoms in total. The molecule has 0 bridgehead atoms. The van der Waals surface area contributed by atoms with Gasteiger partial charge in [-0.05, 0) is 30.7 Å². The molecule has 2 atom stereocenters. The fraction of sp³-hybridized carbons (Fsp3) is 0.692. The molecule has 1 aromatic heterocycles. The first-order valence-corrected chi connectivity index (χ1v) is 6.14. The molecule has 0 radical (unpaired) electrons. The summed E-state index contributed by atoms with van der Waals surface area (Å²) in [6.45, 7) is 7.90. The van der Waals surface area contributed by atoms with Crippen molar-refractivity contribution >= 4 is 0 Å². The summed E-state index contributed by atoms with van der Waals surface area (Å²) in [7, 11) is 0. The van der Waals surface area contributed by atoms with Crippen LogP contribution >= 0.6 is 0 Å². The van der Waals surface area contributed by atoms with E-state index >= 15 is 0 Å². The van der Waals surface area contributed by atoms with E-state index in [1.807, 2.05) is 6.20 Å². The molecule has 0 spiro atoms. The summed E-state index contributed by atoms with van der Waals surface area (Å²) >= 11 is 0. The van der Waals surface area contributed by atoms with Crippen molar-refractivity contribution in [2.75, 3.05) is 6.54 Å². The van der Waals surface area contributed by atoms with Crippen LogP contribution in [0.25, 0.3) is 0 Å². The summed E-state index contributed by atoms with van der Waals surface area (Å²) in [5, 5.41) is 3.60. The van der Waals surface area contributed by atoms with Crippen LogP contribution in [0.2, 0.25) is 0 Å². The molecular weight excluding hydrogens is 198 g/mol. The van der Waals surface area contributed by atoms with Gasteiger partial charge in [-0.15, -0.1) is 0 Å². The average molecular weight is 219 g/mol. The van der Waals surface area contributed by atoms with Crippen LogP contribution in [-0.4, -0.2) is 16.5 Å². The molecular formula is C13H21N3. The molecule has 3 heteroatoms. The summed E-state index contributed by atoms with van der Waals surface area (Å²) in [6.07, 6.45) is 7.85. The van der Waals surface area contributed by atoms with E-state index in [0.717, 1.165) is 18.7 Å². The molecule has 0 saturated heterocycles. The van der Waals surface area contributed by atoms with E-state index in [9.17, 15) is 0 Å². The first kappa shape index (κ1) is 11.5. The molecule has 1 aliphatic rings. The molecule has 16 heavy (non-hydrogen) atoms. The van der Waals surface area contributed by atoms with Gasteiger partial charge in [0.2, 0.25) is 0 Å². The maximum Gasteiger partial charge on any atom is 0.0759 e. The zero-order valence-electron chi connectivity index (χ0n) is 10.4. The lowest BCUT2D eigenvalue weighted by molar-refractivity contribution is 0.407. The number of aromatic nitrogens is 2. The Bertz CT molecular complexity index is 334. The lowest BCUT2D eigenvalue weighted by Gasteiger charge is -2.19. The summed E-state index contributed by atoms with van der Waals surface area (Å²) in [5.41, 5.74) is 1.55. The number of hydrogen-bond donors (Lipinski definition) is 1. The second-order valence-corrected chi connectivity index (χ2v) is 5.36. The van der Waals surface area contributed by atoms with Crippen molar-refractivity contribution in [1.29, 1.82) is 0 Å². The van der Waals surface area contributed by atoms with Crippen LogP contribution in [0.1, 0.15) is 45.3 Å². The Hall–Kier alpha value is -0.960. The van der Waals surface area contributed by atoms with Crippen LogP contribution in [0.15, 0.2) is 18.6 Å². The van der Waals surface area contributed by atoms with Gasteiger partial charge in [-0.1, -0.05) is 20.8 Å². The molecule has 1 N–H and O–H groups in total. The number of nitrogens with one attached hydrogen (secondary N) is 1. The van der Waals surface area contributed by atoms with Crippen LogP contribution in [-0.2, 0) is 0 Å². The number of hydrogen-bond acceptors (Lipinski definition) is 3. The van der Waals surface area contributed by atoms with Gasteiger partial charge in [0, 0.05) is 18.6 Å². The van der Waals surface area contributed by atoms with Gasteiger partial charge >= 0.3 is 0 Å². The van der Waals surface area contributed by atoms with Crippen molar-refractivity contribution in [3.63, 3.8) is 0 Å². The van der Waals surface area contributed by atoms with E-state index < -0.39 is 0 Å². The lowest BCUT2D eigenvalue weighted by Crippen LogP contribution is -2.26. The molecule has 2 rings (SSSR count). The Balaban J connectivity index is 2.10. The molecule has 0 aromatic carbocycles. The van der Waals surface area contributed by atoms with Crippen LogP contribution in [0, 0.1) is 11.3 Å². The standard InChI is InChI=1S/C13H21N3/c1-4-5-16-12(10-8-13(10,2)3)11-9-14-6-7-15-11/h6-7,9-10,12,16H,4-5,8H2,1-3H3. The minimum atomic E-state index is 0.378.